The van der Waals surface area contributed by atoms with Crippen molar-refractivity contribution in [3.8, 4) is 0 Å². The summed E-state index contributed by atoms with van der Waals surface area (Å²) in [6.07, 6.45) is 3.83. The van der Waals surface area contributed by atoms with Gasteiger partial charge in [0, 0.05) is 11.1 Å². The molecule has 0 unspecified atom stereocenters. The van der Waals surface area contributed by atoms with Crippen molar-refractivity contribution >= 4 is 23.0 Å². The molecule has 1 fully saturated rings. The molecule has 0 aromatic heterocycles. The first kappa shape index (κ1) is 8.70. The molecule has 2 rings (SSSR count). The molecule has 0 aliphatic heterocycles. The third-order valence-electron chi connectivity index (χ3n) is 2.48. The molecule has 3 heteroatoms. The Kier molecular flexibility index (Phi) is 2.32. The highest BCUT2D eigenvalue weighted by Gasteiger charge is 2.17. The fraction of sp³-hybridized carbons (Fsp3) is 0.400. The minimum atomic E-state index is 0.614. The number of hydrogen-bond acceptors (Lipinski definition) is 2. The summed E-state index contributed by atoms with van der Waals surface area (Å²) in [5, 5.41) is 4.08. The minimum absolute atomic E-state index is 0.614. The zero-order chi connectivity index (χ0) is 9.26. The summed E-state index contributed by atoms with van der Waals surface area (Å²) in [6, 6.07) is 6.20. The van der Waals surface area contributed by atoms with Gasteiger partial charge in [-0.3, -0.25) is 0 Å². The van der Waals surface area contributed by atoms with E-state index in [0.717, 1.165) is 11.4 Å². The summed E-state index contributed by atoms with van der Waals surface area (Å²) in [4.78, 5) is 0. The van der Waals surface area contributed by atoms with Crippen molar-refractivity contribution in [1.82, 2.24) is 0 Å². The van der Waals surface area contributed by atoms with Crippen molar-refractivity contribution in [3.05, 3.63) is 23.2 Å². The first-order chi connectivity index (χ1) is 6.25. The Morgan fingerprint density at radius 1 is 1.38 bits per heavy atom. The molecule has 1 aliphatic rings. The summed E-state index contributed by atoms with van der Waals surface area (Å²) in [5.74, 6) is 0. The first-order valence-corrected chi connectivity index (χ1v) is 4.95. The average molecular weight is 197 g/mol. The molecule has 70 valence electrons. The topological polar surface area (TPSA) is 38.0 Å². The summed E-state index contributed by atoms with van der Waals surface area (Å²) in [7, 11) is 0. The van der Waals surface area contributed by atoms with Crippen LogP contribution in [0.5, 0.6) is 0 Å². The van der Waals surface area contributed by atoms with E-state index < -0.39 is 0 Å². The molecule has 13 heavy (non-hydrogen) atoms. The first-order valence-electron chi connectivity index (χ1n) is 4.57. The van der Waals surface area contributed by atoms with E-state index in [4.69, 9.17) is 17.3 Å². The van der Waals surface area contributed by atoms with Crippen LogP contribution in [0, 0.1) is 0 Å². The van der Waals surface area contributed by atoms with Gasteiger partial charge in [-0.25, -0.2) is 0 Å². The molecule has 1 aliphatic carbocycles. The number of nitrogens with one attached hydrogen (secondary N) is 1. The predicted molar refractivity (Wildman–Crippen MR) is 57.1 cm³/mol. The minimum Gasteiger partial charge on any atom is -0.397 e. The third kappa shape index (κ3) is 1.89. The van der Waals surface area contributed by atoms with E-state index in [-0.39, 0.29) is 0 Å². The molecule has 0 heterocycles. The second-order valence-corrected chi connectivity index (χ2v) is 3.94. The standard InChI is InChI=1S/C10H13ClN2/c11-7-4-5-10(9(12)6-7)13-8-2-1-3-8/h4-6,8,13H,1-3,12H2. The number of nitrogen functional groups attached to an aromatic ring is 1. The van der Waals surface area contributed by atoms with Gasteiger partial charge in [0.05, 0.1) is 11.4 Å². The smallest absolute Gasteiger partial charge is 0.0577 e. The quantitative estimate of drug-likeness (QED) is 0.714. The predicted octanol–water partition coefficient (Wildman–Crippen LogP) is 2.89. The van der Waals surface area contributed by atoms with Crippen molar-refractivity contribution in [2.75, 3.05) is 11.1 Å². The average Bonchev–Trinajstić information content (AvgIpc) is 1.99. The molecule has 2 nitrogen and oxygen atoms in total. The molecule has 3 N–H and O–H groups in total. The van der Waals surface area contributed by atoms with E-state index in [9.17, 15) is 0 Å². The van der Waals surface area contributed by atoms with Crippen LogP contribution in [0.4, 0.5) is 11.4 Å². The second kappa shape index (κ2) is 3.46. The maximum atomic E-state index is 5.80. The van der Waals surface area contributed by atoms with Crippen LogP contribution in [-0.2, 0) is 0 Å². The van der Waals surface area contributed by atoms with Crippen LogP contribution in [-0.4, -0.2) is 6.04 Å². The van der Waals surface area contributed by atoms with E-state index >= 15 is 0 Å². The number of nitrogens with two attached hydrogens (primary N) is 1. The monoisotopic (exact) mass is 196 g/mol. The molecule has 0 bridgehead atoms. The summed E-state index contributed by atoms with van der Waals surface area (Å²) >= 11 is 5.79. The van der Waals surface area contributed by atoms with Gasteiger partial charge in [-0.1, -0.05) is 11.6 Å². The lowest BCUT2D eigenvalue weighted by Crippen LogP contribution is -2.27. The zero-order valence-corrected chi connectivity index (χ0v) is 8.14. The van der Waals surface area contributed by atoms with Crippen molar-refractivity contribution < 1.29 is 0 Å². The van der Waals surface area contributed by atoms with E-state index in [2.05, 4.69) is 5.32 Å². The molecule has 0 radical (unpaired) electrons. The molecule has 1 saturated carbocycles. The molecule has 0 atom stereocenters. The van der Waals surface area contributed by atoms with Gasteiger partial charge in [0.1, 0.15) is 0 Å². The van der Waals surface area contributed by atoms with Gasteiger partial charge < -0.3 is 11.1 Å². The van der Waals surface area contributed by atoms with Gasteiger partial charge in [0.25, 0.3) is 0 Å². The van der Waals surface area contributed by atoms with Gasteiger partial charge in [-0.2, -0.15) is 0 Å². The van der Waals surface area contributed by atoms with Crippen molar-refractivity contribution in [1.29, 1.82) is 0 Å². The molecule has 1 aromatic rings. The number of halogens is 1. The van der Waals surface area contributed by atoms with Gasteiger partial charge in [-0.05, 0) is 37.5 Å². The maximum Gasteiger partial charge on any atom is 0.0577 e. The van der Waals surface area contributed by atoms with Gasteiger partial charge >= 0.3 is 0 Å². The summed E-state index contributed by atoms with van der Waals surface area (Å²) in [6.45, 7) is 0. The number of benzene rings is 1. The Morgan fingerprint density at radius 3 is 2.69 bits per heavy atom. The molecule has 0 amide bonds. The molecule has 0 spiro atoms. The molecular formula is C10H13ClN2. The van der Waals surface area contributed by atoms with Gasteiger partial charge in [-0.15, -0.1) is 0 Å². The van der Waals surface area contributed by atoms with E-state index in [1.54, 1.807) is 6.07 Å². The lowest BCUT2D eigenvalue weighted by molar-refractivity contribution is 0.446. The van der Waals surface area contributed by atoms with Crippen LogP contribution in [0.1, 0.15) is 19.3 Å². The number of anilines is 2. The SMILES string of the molecule is Nc1cc(Cl)ccc1NC1CCC1. The highest BCUT2D eigenvalue weighted by atomic mass is 35.5. The van der Waals surface area contributed by atoms with Crippen LogP contribution in [0.25, 0.3) is 0 Å². The Bertz CT molecular complexity index is 308. The zero-order valence-electron chi connectivity index (χ0n) is 7.39. The van der Waals surface area contributed by atoms with Crippen molar-refractivity contribution in [3.63, 3.8) is 0 Å². The fourth-order valence-electron chi connectivity index (χ4n) is 1.44. The molecule has 0 saturated heterocycles. The second-order valence-electron chi connectivity index (χ2n) is 3.50. The van der Waals surface area contributed by atoms with Crippen LogP contribution >= 0.6 is 11.6 Å². The van der Waals surface area contributed by atoms with Crippen molar-refractivity contribution in [2.45, 2.75) is 25.3 Å². The van der Waals surface area contributed by atoms with E-state index in [1.165, 1.54) is 19.3 Å². The van der Waals surface area contributed by atoms with E-state index in [1.807, 2.05) is 12.1 Å². The number of rotatable bonds is 2. The summed E-state index contributed by atoms with van der Waals surface area (Å²) in [5.41, 5.74) is 7.55. The van der Waals surface area contributed by atoms with Gasteiger partial charge in [0.2, 0.25) is 0 Å². The lowest BCUT2D eigenvalue weighted by atomic mass is 9.93. The maximum absolute atomic E-state index is 5.80. The Hall–Kier alpha value is -0.890. The van der Waals surface area contributed by atoms with Crippen LogP contribution in [0.15, 0.2) is 18.2 Å². The van der Waals surface area contributed by atoms with Crippen LogP contribution < -0.4 is 11.1 Å². The highest BCUT2D eigenvalue weighted by Crippen LogP contribution is 2.28. The van der Waals surface area contributed by atoms with Crippen LogP contribution in [0.2, 0.25) is 5.02 Å². The molecule has 1 aromatic carbocycles. The Morgan fingerprint density at radius 2 is 2.15 bits per heavy atom. The van der Waals surface area contributed by atoms with E-state index in [0.29, 0.717) is 11.1 Å². The highest BCUT2D eigenvalue weighted by molar-refractivity contribution is 6.31. The largest absolute Gasteiger partial charge is 0.397 e. The Balaban J connectivity index is 2.10. The Labute approximate surface area is 83.1 Å². The fourth-order valence-corrected chi connectivity index (χ4v) is 1.62. The summed E-state index contributed by atoms with van der Waals surface area (Å²) < 4.78 is 0. The normalized spacial score (nSPS) is 16.7. The number of hydrogen-bond donors (Lipinski definition) is 2. The lowest BCUT2D eigenvalue weighted by Gasteiger charge is -2.28. The van der Waals surface area contributed by atoms with Crippen LogP contribution in [0.3, 0.4) is 0 Å². The van der Waals surface area contributed by atoms with Gasteiger partial charge in [0.15, 0.2) is 0 Å². The van der Waals surface area contributed by atoms with Crippen molar-refractivity contribution in [2.24, 2.45) is 0 Å². The third-order valence-corrected chi connectivity index (χ3v) is 2.71. The molecular weight excluding hydrogens is 184 g/mol.